The van der Waals surface area contributed by atoms with E-state index in [1.807, 2.05) is 19.9 Å². The highest BCUT2D eigenvalue weighted by Gasteiger charge is 2.08. The van der Waals surface area contributed by atoms with E-state index in [0.717, 1.165) is 4.88 Å². The number of nitrogens with one attached hydrogen (secondary N) is 1. The Morgan fingerprint density at radius 1 is 1.62 bits per heavy atom. The van der Waals surface area contributed by atoms with Gasteiger partial charge in [-0.3, -0.25) is 4.79 Å². The van der Waals surface area contributed by atoms with Gasteiger partial charge in [-0.1, -0.05) is 0 Å². The van der Waals surface area contributed by atoms with Gasteiger partial charge in [0.2, 0.25) is 0 Å². The average molecular weight is 215 g/mol. The minimum atomic E-state index is 0.00949. The molecule has 1 aromatic heterocycles. The summed E-state index contributed by atoms with van der Waals surface area (Å²) < 4.78 is 0. The standard InChI is InChI=1S/C9H13NOS2/c1-6-5-8(13-7(6)2)9(11)10-3-4-12/h5,12H,3-4H2,1-2H3,(H,10,11). The highest BCUT2D eigenvalue weighted by Crippen LogP contribution is 2.20. The minimum Gasteiger partial charge on any atom is -0.351 e. The quantitative estimate of drug-likeness (QED) is 0.742. The van der Waals surface area contributed by atoms with E-state index in [9.17, 15) is 4.79 Å². The van der Waals surface area contributed by atoms with Gasteiger partial charge >= 0.3 is 0 Å². The molecule has 13 heavy (non-hydrogen) atoms. The summed E-state index contributed by atoms with van der Waals surface area (Å²) in [6.45, 7) is 4.66. The zero-order valence-corrected chi connectivity index (χ0v) is 9.47. The maximum atomic E-state index is 11.4. The first-order valence-corrected chi connectivity index (χ1v) is 5.56. The molecule has 0 radical (unpaired) electrons. The fourth-order valence-electron chi connectivity index (χ4n) is 0.942. The number of rotatable bonds is 3. The molecule has 1 N–H and O–H groups in total. The third-order valence-electron chi connectivity index (χ3n) is 1.79. The van der Waals surface area contributed by atoms with Crippen LogP contribution in [0.1, 0.15) is 20.1 Å². The van der Waals surface area contributed by atoms with Crippen molar-refractivity contribution < 1.29 is 4.79 Å². The Balaban J connectivity index is 2.66. The molecule has 0 aliphatic heterocycles. The van der Waals surface area contributed by atoms with E-state index < -0.39 is 0 Å². The normalized spacial score (nSPS) is 10.1. The molecule has 0 aliphatic rings. The summed E-state index contributed by atoms with van der Waals surface area (Å²) in [7, 11) is 0. The molecule has 1 heterocycles. The third kappa shape index (κ3) is 2.74. The molecule has 1 rings (SSSR count). The van der Waals surface area contributed by atoms with Crippen LogP contribution in [0.4, 0.5) is 0 Å². The summed E-state index contributed by atoms with van der Waals surface area (Å²) in [5, 5.41) is 2.78. The SMILES string of the molecule is Cc1cc(C(=O)NCCS)sc1C. The molecule has 0 unspecified atom stereocenters. The van der Waals surface area contributed by atoms with Crippen molar-refractivity contribution in [2.75, 3.05) is 12.3 Å². The van der Waals surface area contributed by atoms with Crippen LogP contribution in [-0.2, 0) is 0 Å². The number of amides is 1. The predicted octanol–water partition coefficient (Wildman–Crippen LogP) is 2.02. The number of thiol groups is 1. The maximum Gasteiger partial charge on any atom is 0.261 e. The number of thiophene rings is 1. The van der Waals surface area contributed by atoms with Crippen molar-refractivity contribution in [2.45, 2.75) is 13.8 Å². The van der Waals surface area contributed by atoms with E-state index in [1.165, 1.54) is 21.8 Å². The second-order valence-electron chi connectivity index (χ2n) is 2.83. The summed E-state index contributed by atoms with van der Waals surface area (Å²) in [4.78, 5) is 13.4. The van der Waals surface area contributed by atoms with E-state index in [0.29, 0.717) is 12.3 Å². The molecule has 1 aromatic rings. The van der Waals surface area contributed by atoms with Crippen molar-refractivity contribution >= 4 is 29.9 Å². The van der Waals surface area contributed by atoms with Gasteiger partial charge in [0.15, 0.2) is 0 Å². The summed E-state index contributed by atoms with van der Waals surface area (Å²) >= 11 is 5.56. The lowest BCUT2D eigenvalue weighted by molar-refractivity contribution is 0.0960. The van der Waals surface area contributed by atoms with Crippen LogP contribution in [0.3, 0.4) is 0 Å². The first-order valence-electron chi connectivity index (χ1n) is 4.11. The second-order valence-corrected chi connectivity index (χ2v) is 4.53. The van der Waals surface area contributed by atoms with Crippen LogP contribution in [0.25, 0.3) is 0 Å². The van der Waals surface area contributed by atoms with Crippen LogP contribution in [-0.4, -0.2) is 18.2 Å². The van der Waals surface area contributed by atoms with E-state index in [2.05, 4.69) is 17.9 Å². The van der Waals surface area contributed by atoms with Gasteiger partial charge < -0.3 is 5.32 Å². The van der Waals surface area contributed by atoms with Gasteiger partial charge in [-0.25, -0.2) is 0 Å². The Kier molecular flexibility index (Phi) is 3.81. The molecular formula is C9H13NOS2. The van der Waals surface area contributed by atoms with E-state index in [4.69, 9.17) is 0 Å². The molecule has 0 aliphatic carbocycles. The zero-order valence-electron chi connectivity index (χ0n) is 7.76. The maximum absolute atomic E-state index is 11.4. The van der Waals surface area contributed by atoms with E-state index >= 15 is 0 Å². The van der Waals surface area contributed by atoms with Gasteiger partial charge in [0.25, 0.3) is 5.91 Å². The topological polar surface area (TPSA) is 29.1 Å². The van der Waals surface area contributed by atoms with Crippen molar-refractivity contribution in [1.29, 1.82) is 0 Å². The first kappa shape index (κ1) is 10.6. The van der Waals surface area contributed by atoms with Gasteiger partial charge in [0.05, 0.1) is 4.88 Å². The zero-order chi connectivity index (χ0) is 9.84. The first-order chi connectivity index (χ1) is 6.15. The lowest BCUT2D eigenvalue weighted by Gasteiger charge is -1.98. The fraction of sp³-hybridized carbons (Fsp3) is 0.444. The highest BCUT2D eigenvalue weighted by atomic mass is 32.1. The molecule has 0 spiro atoms. The molecule has 0 fully saturated rings. The van der Waals surface area contributed by atoms with E-state index in [1.54, 1.807) is 0 Å². The summed E-state index contributed by atoms with van der Waals surface area (Å²) in [6, 6.07) is 1.92. The molecule has 0 bridgehead atoms. The fourth-order valence-corrected chi connectivity index (χ4v) is 2.00. The van der Waals surface area contributed by atoms with Gasteiger partial charge in [-0.2, -0.15) is 12.6 Å². The Morgan fingerprint density at radius 2 is 2.31 bits per heavy atom. The second kappa shape index (κ2) is 4.67. The summed E-state index contributed by atoms with van der Waals surface area (Å²) in [5.74, 6) is 0.685. The average Bonchev–Trinajstić information content (AvgIpc) is 2.43. The van der Waals surface area contributed by atoms with Gasteiger partial charge in [0.1, 0.15) is 0 Å². The lowest BCUT2D eigenvalue weighted by atomic mass is 10.3. The number of aryl methyl sites for hydroxylation is 2. The van der Waals surface area contributed by atoms with Crippen molar-refractivity contribution in [3.05, 3.63) is 21.4 Å². The minimum absolute atomic E-state index is 0.00949. The number of hydrogen-bond donors (Lipinski definition) is 2. The van der Waals surface area contributed by atoms with Crippen LogP contribution in [0.2, 0.25) is 0 Å². The number of carbonyl (C=O) groups is 1. The van der Waals surface area contributed by atoms with Crippen LogP contribution < -0.4 is 5.32 Å². The van der Waals surface area contributed by atoms with Gasteiger partial charge in [-0.05, 0) is 25.5 Å². The lowest BCUT2D eigenvalue weighted by Crippen LogP contribution is -2.24. The third-order valence-corrected chi connectivity index (χ3v) is 3.16. The summed E-state index contributed by atoms with van der Waals surface area (Å²) in [5.41, 5.74) is 1.18. The summed E-state index contributed by atoms with van der Waals surface area (Å²) in [6.07, 6.45) is 0. The highest BCUT2D eigenvalue weighted by molar-refractivity contribution is 7.80. The molecule has 0 aromatic carbocycles. The smallest absolute Gasteiger partial charge is 0.261 e. The molecule has 0 atom stereocenters. The molecule has 0 saturated heterocycles. The predicted molar refractivity (Wildman–Crippen MR) is 60.0 cm³/mol. The van der Waals surface area contributed by atoms with E-state index in [-0.39, 0.29) is 5.91 Å². The molecular weight excluding hydrogens is 202 g/mol. The van der Waals surface area contributed by atoms with Crippen LogP contribution in [0.15, 0.2) is 6.07 Å². The Morgan fingerprint density at radius 3 is 2.77 bits per heavy atom. The molecule has 1 amide bonds. The molecule has 0 saturated carbocycles. The Bertz CT molecular complexity index is 287. The van der Waals surface area contributed by atoms with Crippen LogP contribution in [0.5, 0.6) is 0 Å². The largest absolute Gasteiger partial charge is 0.351 e. The van der Waals surface area contributed by atoms with Crippen molar-refractivity contribution in [3.63, 3.8) is 0 Å². The number of hydrogen-bond acceptors (Lipinski definition) is 3. The van der Waals surface area contributed by atoms with Crippen LogP contribution >= 0.6 is 24.0 Å². The number of carbonyl (C=O) groups excluding carboxylic acids is 1. The van der Waals surface area contributed by atoms with Crippen molar-refractivity contribution in [2.24, 2.45) is 0 Å². The molecule has 2 nitrogen and oxygen atoms in total. The van der Waals surface area contributed by atoms with Crippen molar-refractivity contribution in [3.8, 4) is 0 Å². The monoisotopic (exact) mass is 215 g/mol. The van der Waals surface area contributed by atoms with Crippen molar-refractivity contribution in [1.82, 2.24) is 5.32 Å². The Hall–Kier alpha value is -0.480. The van der Waals surface area contributed by atoms with Gasteiger partial charge in [-0.15, -0.1) is 11.3 Å². The van der Waals surface area contributed by atoms with Gasteiger partial charge in [0, 0.05) is 17.2 Å². The molecule has 4 heteroatoms. The Labute approximate surface area is 87.8 Å². The molecule has 72 valence electrons. The van der Waals surface area contributed by atoms with Crippen LogP contribution in [0, 0.1) is 13.8 Å².